The molecular weight excluding hydrogens is 825 g/mol. The molecule has 0 bridgehead atoms. The van der Waals surface area contributed by atoms with Gasteiger partial charge in [-0.15, -0.1) is 0 Å². The molecule has 0 radical (unpaired) electrons. The molecule has 0 fully saturated rings. The Morgan fingerprint density at radius 2 is 0.941 bits per heavy atom. The third-order valence-corrected chi connectivity index (χ3v) is 15.2. The number of fused-ring (bicyclic) bond motifs is 3. The summed E-state index contributed by atoms with van der Waals surface area (Å²) in [5.74, 6) is 0. The predicted octanol–water partition coefficient (Wildman–Crippen LogP) is 18.6. The second kappa shape index (κ2) is 14.3. The average Bonchev–Trinajstić information content (AvgIpc) is 3.88. The monoisotopic (exact) mass is 870 g/mol. The van der Waals surface area contributed by atoms with Gasteiger partial charge in [0.15, 0.2) is 5.58 Å². The zero-order chi connectivity index (χ0) is 45.4. The van der Waals surface area contributed by atoms with E-state index < -0.39 is 0 Å². The van der Waals surface area contributed by atoms with Gasteiger partial charge < -0.3 is 14.2 Å². The molecule has 322 valence electrons. The molecule has 1 heterocycles. The van der Waals surface area contributed by atoms with Gasteiger partial charge in [-0.25, -0.2) is 0 Å². The van der Waals surface area contributed by atoms with Gasteiger partial charge in [0.1, 0.15) is 5.58 Å². The first-order valence-corrected chi connectivity index (χ1v) is 23.8. The van der Waals surface area contributed by atoms with E-state index in [2.05, 4.69) is 244 Å². The van der Waals surface area contributed by atoms with Crippen molar-refractivity contribution >= 4 is 99.2 Å². The van der Waals surface area contributed by atoms with Crippen LogP contribution in [-0.4, -0.2) is 0 Å². The van der Waals surface area contributed by atoms with Crippen molar-refractivity contribution in [2.45, 2.75) is 33.1 Å². The van der Waals surface area contributed by atoms with Crippen molar-refractivity contribution in [3.63, 3.8) is 0 Å². The molecule has 1 aliphatic carbocycles. The smallest absolute Gasteiger partial charge is 0.160 e. The first kappa shape index (κ1) is 38.8. The summed E-state index contributed by atoms with van der Waals surface area (Å²) in [6.07, 6.45) is 0. The van der Waals surface area contributed by atoms with E-state index in [-0.39, 0.29) is 5.41 Å². The van der Waals surface area contributed by atoms with Crippen LogP contribution in [0.5, 0.6) is 0 Å². The van der Waals surface area contributed by atoms with Crippen LogP contribution in [0.1, 0.15) is 36.1 Å². The topological polar surface area (TPSA) is 19.6 Å². The van der Waals surface area contributed by atoms with E-state index >= 15 is 0 Å². The fourth-order valence-corrected chi connectivity index (χ4v) is 12.0. The third kappa shape index (κ3) is 5.41. The molecule has 0 N–H and O–H groups in total. The van der Waals surface area contributed by atoms with E-state index in [1.807, 2.05) is 0 Å². The minimum atomic E-state index is -0.159. The highest BCUT2D eigenvalue weighted by molar-refractivity contribution is 6.30. The van der Waals surface area contributed by atoms with Crippen molar-refractivity contribution < 1.29 is 4.42 Å². The molecule has 0 saturated heterocycles. The fraction of sp³-hybridized carbons (Fsp3) is 0.0769. The Morgan fingerprint density at radius 3 is 1.66 bits per heavy atom. The van der Waals surface area contributed by atoms with Gasteiger partial charge in [0, 0.05) is 43.9 Å². The van der Waals surface area contributed by atoms with Gasteiger partial charge in [-0.1, -0.05) is 166 Å². The van der Waals surface area contributed by atoms with Gasteiger partial charge in [0.05, 0.1) is 22.7 Å². The number of anilines is 6. The predicted molar refractivity (Wildman–Crippen MR) is 288 cm³/mol. The van der Waals surface area contributed by atoms with Crippen molar-refractivity contribution in [1.82, 2.24) is 0 Å². The van der Waals surface area contributed by atoms with Crippen molar-refractivity contribution in [2.75, 3.05) is 9.80 Å². The molecule has 0 amide bonds. The zero-order valence-electron chi connectivity index (χ0n) is 38.4. The van der Waals surface area contributed by atoms with Gasteiger partial charge >= 0.3 is 0 Å². The Hall–Kier alpha value is -8.40. The van der Waals surface area contributed by atoms with Crippen LogP contribution in [0.3, 0.4) is 0 Å². The minimum absolute atomic E-state index is 0.159. The Kier molecular flexibility index (Phi) is 8.17. The number of aryl methyl sites for hydroxylation is 2. The maximum absolute atomic E-state index is 6.92. The Morgan fingerprint density at radius 1 is 0.368 bits per heavy atom. The molecule has 1 aromatic heterocycles. The molecule has 13 aromatic rings. The summed E-state index contributed by atoms with van der Waals surface area (Å²) in [6, 6.07) is 76.2. The van der Waals surface area contributed by atoms with E-state index in [4.69, 9.17) is 4.42 Å². The highest BCUT2D eigenvalue weighted by atomic mass is 16.3. The number of furan rings is 1. The van der Waals surface area contributed by atoms with Gasteiger partial charge in [0.25, 0.3) is 0 Å². The molecule has 68 heavy (non-hydrogen) atoms. The molecule has 3 heteroatoms. The fourth-order valence-electron chi connectivity index (χ4n) is 12.0. The van der Waals surface area contributed by atoms with Gasteiger partial charge in [0.2, 0.25) is 0 Å². The Balaban J connectivity index is 1.05. The highest BCUT2D eigenvalue weighted by Crippen LogP contribution is 2.54. The number of hydrogen-bond donors (Lipinski definition) is 0. The SMILES string of the molecule is Cc1cc(N(c2ccc3c(c2)C(C)(C)c2ccccc2-3)c2ccccc2-c2ccccc2)c2ccc3c(C)cc(N(c4ccccc4)c4ccc5ccc6cccc7oc4c5c67)c4ccc1c2c34. The molecular formula is C65H46N2O. The molecule has 12 aromatic carbocycles. The van der Waals surface area contributed by atoms with Crippen LogP contribution in [0.15, 0.2) is 211 Å². The summed E-state index contributed by atoms with van der Waals surface area (Å²) >= 11 is 0. The lowest BCUT2D eigenvalue weighted by Crippen LogP contribution is -2.17. The highest BCUT2D eigenvalue weighted by Gasteiger charge is 2.36. The summed E-state index contributed by atoms with van der Waals surface area (Å²) in [7, 11) is 0. The van der Waals surface area contributed by atoms with Gasteiger partial charge in [-0.3, -0.25) is 0 Å². The molecule has 3 nitrogen and oxygen atoms in total. The standard InChI is InChI=1S/C65H46N2O/c1-39-36-57(66(44-19-9-6-10-20-44)56-35-28-43-27-26-42-18-15-25-59-60(42)61(43)64(56)68-59)51-33-31-47-40(2)37-58(52-34-32-46(39)62(51)63(47)52)67(55-24-14-12-21-48(55)41-16-7-5-8-17-41)45-29-30-50-49-22-11-13-23-53(49)65(3,4)54(50)38-45/h5-38H,1-4H3. The van der Waals surface area contributed by atoms with Crippen molar-refractivity contribution in [1.29, 1.82) is 0 Å². The van der Waals surface area contributed by atoms with Crippen molar-refractivity contribution in [3.05, 3.63) is 229 Å². The van der Waals surface area contributed by atoms with E-state index in [0.29, 0.717) is 0 Å². The minimum Gasteiger partial charge on any atom is -0.454 e. The summed E-state index contributed by atoms with van der Waals surface area (Å²) in [6.45, 7) is 9.31. The van der Waals surface area contributed by atoms with Crippen LogP contribution in [0.25, 0.3) is 87.3 Å². The third-order valence-electron chi connectivity index (χ3n) is 15.2. The number of benzene rings is 12. The lowest BCUT2D eigenvalue weighted by Gasteiger charge is -2.32. The lowest BCUT2D eigenvalue weighted by molar-refractivity contribution is 0.660. The normalized spacial score (nSPS) is 13.1. The molecule has 0 saturated carbocycles. The van der Waals surface area contributed by atoms with E-state index in [1.165, 1.54) is 98.4 Å². The maximum atomic E-state index is 6.92. The largest absolute Gasteiger partial charge is 0.454 e. The first-order chi connectivity index (χ1) is 33.3. The van der Waals surface area contributed by atoms with Crippen molar-refractivity contribution in [3.8, 4) is 22.3 Å². The number of rotatable bonds is 7. The molecule has 1 aliphatic rings. The van der Waals surface area contributed by atoms with Crippen LogP contribution >= 0.6 is 0 Å². The first-order valence-electron chi connectivity index (χ1n) is 23.8. The summed E-state index contributed by atoms with van der Waals surface area (Å²) < 4.78 is 6.92. The van der Waals surface area contributed by atoms with Gasteiger partial charge in [-0.05, 0) is 140 Å². The summed E-state index contributed by atoms with van der Waals surface area (Å²) in [4.78, 5) is 4.97. The maximum Gasteiger partial charge on any atom is 0.160 e. The molecule has 0 spiro atoms. The zero-order valence-corrected chi connectivity index (χ0v) is 38.4. The van der Waals surface area contributed by atoms with Crippen LogP contribution in [-0.2, 0) is 5.41 Å². The van der Waals surface area contributed by atoms with Gasteiger partial charge in [-0.2, -0.15) is 0 Å². The molecule has 14 rings (SSSR count). The number of nitrogens with zero attached hydrogens (tertiary/aromatic N) is 2. The van der Waals surface area contributed by atoms with Crippen LogP contribution in [0.4, 0.5) is 34.1 Å². The number of para-hydroxylation sites is 2. The summed E-state index contributed by atoms with van der Waals surface area (Å²) in [5, 5.41) is 12.2. The summed E-state index contributed by atoms with van der Waals surface area (Å²) in [5.41, 5.74) is 18.5. The molecule has 0 unspecified atom stereocenters. The molecule has 0 aliphatic heterocycles. The second-order valence-corrected chi connectivity index (χ2v) is 19.3. The van der Waals surface area contributed by atoms with Crippen LogP contribution in [0.2, 0.25) is 0 Å². The van der Waals surface area contributed by atoms with E-state index in [0.717, 1.165) is 45.3 Å². The van der Waals surface area contributed by atoms with Crippen LogP contribution < -0.4 is 9.80 Å². The van der Waals surface area contributed by atoms with Crippen LogP contribution in [0, 0.1) is 13.8 Å². The Labute approximate surface area is 395 Å². The van der Waals surface area contributed by atoms with E-state index in [1.54, 1.807) is 0 Å². The molecule has 0 atom stereocenters. The van der Waals surface area contributed by atoms with E-state index in [9.17, 15) is 0 Å². The lowest BCUT2D eigenvalue weighted by atomic mass is 9.82. The number of hydrogen-bond acceptors (Lipinski definition) is 3. The second-order valence-electron chi connectivity index (χ2n) is 19.3. The average molecular weight is 871 g/mol. The quantitative estimate of drug-likeness (QED) is 0.149. The van der Waals surface area contributed by atoms with Crippen molar-refractivity contribution in [2.24, 2.45) is 0 Å². The Bertz CT molecular complexity index is 4140.